The highest BCUT2D eigenvalue weighted by atomic mass is 32.1. The van der Waals surface area contributed by atoms with Crippen LogP contribution in [0.25, 0.3) is 10.1 Å². The molecule has 0 aliphatic rings. The first kappa shape index (κ1) is 27.3. The summed E-state index contributed by atoms with van der Waals surface area (Å²) in [6.07, 6.45) is -0.267. The number of thiophene rings is 2. The highest BCUT2D eigenvalue weighted by Crippen LogP contribution is 2.31. The van der Waals surface area contributed by atoms with Crippen LogP contribution in [0.5, 0.6) is 5.75 Å². The summed E-state index contributed by atoms with van der Waals surface area (Å²) in [6.45, 7) is 0.00628. The molecule has 0 spiro atoms. The van der Waals surface area contributed by atoms with Crippen molar-refractivity contribution in [3.05, 3.63) is 80.9 Å². The fourth-order valence-electron chi connectivity index (χ4n) is 3.67. The van der Waals surface area contributed by atoms with Crippen LogP contribution >= 0.6 is 22.7 Å². The number of aliphatic imine (C=N–C) groups is 1. The Kier molecular flexibility index (Phi) is 8.22. The molecule has 2 aromatic heterocycles. The van der Waals surface area contributed by atoms with Gasteiger partial charge < -0.3 is 31.3 Å². The lowest BCUT2D eigenvalue weighted by molar-refractivity contribution is -0.137. The third-order valence-corrected chi connectivity index (χ3v) is 7.38. The number of aromatic carboxylic acids is 1. The number of aliphatic carboxylic acids is 1. The molecule has 0 aliphatic carbocycles. The molecule has 13 heteroatoms. The van der Waals surface area contributed by atoms with Gasteiger partial charge in [0.2, 0.25) is 0 Å². The van der Waals surface area contributed by atoms with Crippen molar-refractivity contribution >= 4 is 68.2 Å². The average molecular weight is 567 g/mol. The number of carbonyl (C=O) groups excluding carboxylic acids is 2. The predicted octanol–water partition coefficient (Wildman–Crippen LogP) is 3.90. The number of carboxylic acid groups (broad SMARTS) is 2. The first-order valence-electron chi connectivity index (χ1n) is 11.4. The number of benzene rings is 2. The van der Waals surface area contributed by atoms with E-state index in [1.165, 1.54) is 34.4 Å². The second-order valence-electron chi connectivity index (χ2n) is 8.28. The lowest BCUT2D eigenvalue weighted by atomic mass is 10.1. The van der Waals surface area contributed by atoms with E-state index in [0.717, 1.165) is 11.3 Å². The summed E-state index contributed by atoms with van der Waals surface area (Å²) in [6, 6.07) is 12.5. The Morgan fingerprint density at radius 2 is 1.69 bits per heavy atom. The predicted molar refractivity (Wildman–Crippen MR) is 147 cm³/mol. The van der Waals surface area contributed by atoms with Gasteiger partial charge in [-0.3, -0.25) is 9.59 Å². The number of nitrogens with two attached hydrogens (primary N) is 2. The number of carboxylic acids is 2. The summed E-state index contributed by atoms with van der Waals surface area (Å²) in [4.78, 5) is 53.8. The van der Waals surface area contributed by atoms with Crippen molar-refractivity contribution in [1.82, 2.24) is 4.90 Å². The summed E-state index contributed by atoms with van der Waals surface area (Å²) in [5, 5.41) is 22.2. The van der Waals surface area contributed by atoms with E-state index in [0.29, 0.717) is 32.5 Å². The van der Waals surface area contributed by atoms with Gasteiger partial charge in [-0.25, -0.2) is 14.6 Å². The number of carbonyl (C=O) groups is 4. The third-order valence-electron chi connectivity index (χ3n) is 5.47. The monoisotopic (exact) mass is 566 g/mol. The van der Waals surface area contributed by atoms with E-state index in [1.807, 2.05) is 0 Å². The van der Waals surface area contributed by atoms with Crippen LogP contribution in [-0.4, -0.2) is 51.4 Å². The second kappa shape index (κ2) is 11.8. The highest BCUT2D eigenvalue weighted by Gasteiger charge is 2.22. The van der Waals surface area contributed by atoms with Gasteiger partial charge in [-0.05, 0) is 59.5 Å². The van der Waals surface area contributed by atoms with Crippen molar-refractivity contribution in [3.8, 4) is 5.75 Å². The molecule has 0 unspecified atom stereocenters. The molecule has 1 amide bonds. The number of nitrogens with zero attached hydrogens (tertiary/aromatic N) is 2. The number of esters is 1. The van der Waals surface area contributed by atoms with Crippen LogP contribution in [0.1, 0.15) is 42.4 Å². The van der Waals surface area contributed by atoms with Crippen LogP contribution in [-0.2, 0) is 11.3 Å². The molecule has 0 saturated heterocycles. The van der Waals surface area contributed by atoms with Crippen molar-refractivity contribution in [3.63, 3.8) is 0 Å². The minimum absolute atomic E-state index is 0.0541. The Bertz CT molecular complexity index is 1590. The van der Waals surface area contributed by atoms with Gasteiger partial charge in [-0.2, -0.15) is 0 Å². The number of hydrogen-bond donors (Lipinski definition) is 4. The van der Waals surface area contributed by atoms with E-state index in [-0.39, 0.29) is 36.1 Å². The Balaban J connectivity index is 1.52. The van der Waals surface area contributed by atoms with Crippen LogP contribution in [0.4, 0.5) is 5.69 Å². The number of rotatable bonds is 10. The quantitative estimate of drug-likeness (QED) is 0.0956. The molecular formula is C26H22N4O7S2. The SMILES string of the molecule is NC(N)=Nc1ccc(C(=O)Oc2ccc3c(C(=O)N(CCC(=O)O)Cc4csc(C(=O)O)c4)csc3c2)cc1. The molecule has 0 fully saturated rings. The van der Waals surface area contributed by atoms with E-state index < -0.39 is 23.8 Å². The molecule has 0 atom stereocenters. The lowest BCUT2D eigenvalue weighted by Gasteiger charge is -2.21. The number of ether oxygens (including phenoxy) is 1. The number of fused-ring (bicyclic) bond motifs is 1. The van der Waals surface area contributed by atoms with Crippen molar-refractivity contribution in [1.29, 1.82) is 0 Å². The fraction of sp³-hybridized carbons (Fsp3) is 0.115. The molecule has 11 nitrogen and oxygen atoms in total. The Labute approximate surface area is 229 Å². The fourth-order valence-corrected chi connectivity index (χ4v) is 5.37. The molecule has 0 radical (unpaired) electrons. The second-order valence-corrected chi connectivity index (χ2v) is 10.1. The van der Waals surface area contributed by atoms with Crippen LogP contribution < -0.4 is 16.2 Å². The normalized spacial score (nSPS) is 10.7. The van der Waals surface area contributed by atoms with E-state index in [1.54, 1.807) is 41.1 Å². The average Bonchev–Trinajstić information content (AvgIpc) is 3.53. The first-order valence-corrected chi connectivity index (χ1v) is 13.1. The van der Waals surface area contributed by atoms with Gasteiger partial charge in [0.25, 0.3) is 5.91 Å². The highest BCUT2D eigenvalue weighted by molar-refractivity contribution is 7.17. The minimum Gasteiger partial charge on any atom is -0.481 e. The maximum Gasteiger partial charge on any atom is 0.345 e. The maximum absolute atomic E-state index is 13.4. The lowest BCUT2D eigenvalue weighted by Crippen LogP contribution is -2.32. The molecule has 0 saturated carbocycles. The molecule has 4 aromatic rings. The first-order chi connectivity index (χ1) is 18.6. The van der Waals surface area contributed by atoms with Crippen LogP contribution in [0.2, 0.25) is 0 Å². The van der Waals surface area contributed by atoms with Crippen molar-refractivity contribution in [2.75, 3.05) is 6.54 Å². The standard InChI is InChI=1S/C26H22N4O7S2/c27-26(28)29-16-3-1-15(2-4-16)25(36)37-17-5-6-18-19(13-39-20(18)10-17)23(33)30(8-7-22(31)32)11-14-9-21(24(34)35)38-12-14/h1-6,9-10,12-13H,7-8,11H2,(H,31,32)(H,34,35)(H4,27,28,29). The molecule has 39 heavy (non-hydrogen) atoms. The summed E-state index contributed by atoms with van der Waals surface area (Å²) in [5.74, 6) is -2.93. The zero-order valence-electron chi connectivity index (χ0n) is 20.2. The van der Waals surface area contributed by atoms with Gasteiger partial charge >= 0.3 is 17.9 Å². The molecule has 0 aliphatic heterocycles. The molecule has 4 rings (SSSR count). The zero-order chi connectivity index (χ0) is 28.1. The molecule has 2 aromatic carbocycles. The number of amides is 1. The van der Waals surface area contributed by atoms with E-state index in [4.69, 9.17) is 21.3 Å². The Morgan fingerprint density at radius 1 is 0.949 bits per heavy atom. The maximum atomic E-state index is 13.4. The van der Waals surface area contributed by atoms with Gasteiger partial charge in [-0.15, -0.1) is 22.7 Å². The Morgan fingerprint density at radius 3 is 2.33 bits per heavy atom. The third kappa shape index (κ3) is 6.77. The van der Waals surface area contributed by atoms with Gasteiger partial charge in [0.1, 0.15) is 10.6 Å². The van der Waals surface area contributed by atoms with Crippen LogP contribution in [0.3, 0.4) is 0 Å². The number of guanidine groups is 1. The minimum atomic E-state index is -1.07. The van der Waals surface area contributed by atoms with Crippen LogP contribution in [0.15, 0.2) is 64.3 Å². The summed E-state index contributed by atoms with van der Waals surface area (Å²) < 4.78 is 6.18. The summed E-state index contributed by atoms with van der Waals surface area (Å²) in [5.41, 5.74) is 12.4. The Hall–Kier alpha value is -4.75. The van der Waals surface area contributed by atoms with E-state index in [9.17, 15) is 24.3 Å². The van der Waals surface area contributed by atoms with Crippen LogP contribution in [0, 0.1) is 0 Å². The van der Waals surface area contributed by atoms with E-state index >= 15 is 0 Å². The molecular weight excluding hydrogens is 544 g/mol. The molecule has 2 heterocycles. The molecule has 0 bridgehead atoms. The van der Waals surface area contributed by atoms with Gasteiger partial charge in [0, 0.05) is 28.6 Å². The van der Waals surface area contributed by atoms with Gasteiger partial charge in [0.05, 0.1) is 23.2 Å². The summed E-state index contributed by atoms with van der Waals surface area (Å²) >= 11 is 2.31. The van der Waals surface area contributed by atoms with E-state index in [2.05, 4.69) is 4.99 Å². The zero-order valence-corrected chi connectivity index (χ0v) is 21.8. The number of hydrogen-bond acceptors (Lipinski definition) is 8. The van der Waals surface area contributed by atoms with Gasteiger partial charge in [0.15, 0.2) is 5.96 Å². The van der Waals surface area contributed by atoms with Gasteiger partial charge in [-0.1, -0.05) is 0 Å². The molecule has 6 N–H and O–H groups in total. The van der Waals surface area contributed by atoms with Crippen molar-refractivity contribution in [2.45, 2.75) is 13.0 Å². The van der Waals surface area contributed by atoms with Crippen molar-refractivity contribution < 1.29 is 34.1 Å². The largest absolute Gasteiger partial charge is 0.481 e. The molecule has 200 valence electrons. The van der Waals surface area contributed by atoms with Crippen molar-refractivity contribution in [2.24, 2.45) is 16.5 Å². The topological polar surface area (TPSA) is 186 Å². The smallest absolute Gasteiger partial charge is 0.345 e. The summed E-state index contributed by atoms with van der Waals surface area (Å²) in [7, 11) is 0.